The number of aromatic hydroxyl groups is 2. The van der Waals surface area contributed by atoms with Crippen LogP contribution in [0.15, 0.2) is 47.4 Å². The lowest BCUT2D eigenvalue weighted by atomic mass is 10.1. The Morgan fingerprint density at radius 3 is 2.60 bits per heavy atom. The van der Waals surface area contributed by atoms with E-state index in [1.54, 1.807) is 36.4 Å². The number of rotatable bonds is 3. The highest BCUT2D eigenvalue weighted by molar-refractivity contribution is 8.27. The molecule has 2 aromatic carbocycles. The largest absolute Gasteiger partial charge is 0.504 e. The fraction of sp³-hybridized carbons (Fsp3) is 0.0556. The minimum absolute atomic E-state index is 0.0950. The fourth-order valence-electron chi connectivity index (χ4n) is 2.34. The van der Waals surface area contributed by atoms with Crippen molar-refractivity contribution in [2.75, 3.05) is 4.90 Å². The molecule has 2 aromatic rings. The molecule has 0 radical (unpaired) electrons. The molecule has 0 unspecified atom stereocenters. The Balaban J connectivity index is 1.94. The minimum atomic E-state index is -0.303. The van der Waals surface area contributed by atoms with Crippen LogP contribution < -0.4 is 4.90 Å². The van der Waals surface area contributed by atoms with E-state index in [-0.39, 0.29) is 23.2 Å². The Labute approximate surface area is 153 Å². The molecule has 1 aliphatic heterocycles. The first kappa shape index (κ1) is 17.2. The summed E-state index contributed by atoms with van der Waals surface area (Å²) in [6.45, 7) is 1.46. The average Bonchev–Trinajstić information content (AvgIpc) is 2.85. The Morgan fingerprint density at radius 2 is 1.92 bits per heavy atom. The van der Waals surface area contributed by atoms with Gasteiger partial charge in [0.05, 0.1) is 10.6 Å². The number of anilines is 1. The molecular formula is C18H13NO4S2. The number of benzene rings is 2. The van der Waals surface area contributed by atoms with Crippen molar-refractivity contribution in [1.29, 1.82) is 0 Å². The third-order valence-corrected chi connectivity index (χ3v) is 4.90. The second-order valence-corrected chi connectivity index (χ2v) is 7.05. The lowest BCUT2D eigenvalue weighted by Crippen LogP contribution is -2.27. The second kappa shape index (κ2) is 6.70. The summed E-state index contributed by atoms with van der Waals surface area (Å²) in [5.41, 5.74) is 1.60. The Kier molecular flexibility index (Phi) is 4.61. The number of Topliss-reactive ketones (excluding diaryl/α,β-unsaturated/α-hetero) is 1. The summed E-state index contributed by atoms with van der Waals surface area (Å²) in [7, 11) is 0. The number of thiocarbonyl (C=S) groups is 1. The van der Waals surface area contributed by atoms with Gasteiger partial charge in [-0.25, -0.2) is 0 Å². The predicted molar refractivity (Wildman–Crippen MR) is 102 cm³/mol. The summed E-state index contributed by atoms with van der Waals surface area (Å²) < 4.78 is 0.361. The first-order valence-electron chi connectivity index (χ1n) is 7.28. The van der Waals surface area contributed by atoms with Crippen LogP contribution in [-0.2, 0) is 4.79 Å². The van der Waals surface area contributed by atoms with Crippen LogP contribution in [0.5, 0.6) is 11.5 Å². The third kappa shape index (κ3) is 3.42. The molecule has 2 N–H and O–H groups in total. The first-order valence-corrected chi connectivity index (χ1v) is 8.50. The van der Waals surface area contributed by atoms with Gasteiger partial charge in [-0.1, -0.05) is 42.2 Å². The van der Waals surface area contributed by atoms with Crippen LogP contribution in [-0.4, -0.2) is 26.2 Å². The number of thioether (sulfide) groups is 1. The van der Waals surface area contributed by atoms with Crippen LogP contribution in [0.4, 0.5) is 5.69 Å². The molecule has 0 bridgehead atoms. The van der Waals surface area contributed by atoms with Crippen molar-refractivity contribution in [1.82, 2.24) is 0 Å². The minimum Gasteiger partial charge on any atom is -0.504 e. The number of amides is 1. The van der Waals surface area contributed by atoms with Crippen molar-refractivity contribution in [3.8, 4) is 11.5 Å². The van der Waals surface area contributed by atoms with Gasteiger partial charge < -0.3 is 10.2 Å². The Morgan fingerprint density at radius 1 is 1.16 bits per heavy atom. The molecule has 25 heavy (non-hydrogen) atoms. The molecule has 1 fully saturated rings. The number of carbonyl (C=O) groups is 2. The zero-order chi connectivity index (χ0) is 18.1. The zero-order valence-electron chi connectivity index (χ0n) is 13.1. The normalized spacial score (nSPS) is 15.9. The maximum absolute atomic E-state index is 12.7. The van der Waals surface area contributed by atoms with Crippen LogP contribution in [0.1, 0.15) is 22.8 Å². The van der Waals surface area contributed by atoms with Crippen LogP contribution in [0.3, 0.4) is 0 Å². The summed E-state index contributed by atoms with van der Waals surface area (Å²) in [6.07, 6.45) is 1.59. The maximum Gasteiger partial charge on any atom is 0.270 e. The molecule has 0 atom stereocenters. The Hall–Kier alpha value is -2.64. The van der Waals surface area contributed by atoms with Gasteiger partial charge in [-0.05, 0) is 42.8 Å². The zero-order valence-corrected chi connectivity index (χ0v) is 14.7. The van der Waals surface area contributed by atoms with Gasteiger partial charge >= 0.3 is 0 Å². The Bertz CT molecular complexity index is 936. The summed E-state index contributed by atoms with van der Waals surface area (Å²) in [5, 5.41) is 18.9. The van der Waals surface area contributed by atoms with Gasteiger partial charge in [-0.3, -0.25) is 14.5 Å². The molecule has 1 amide bonds. The van der Waals surface area contributed by atoms with Crippen molar-refractivity contribution in [3.63, 3.8) is 0 Å². The van der Waals surface area contributed by atoms with Gasteiger partial charge in [0, 0.05) is 5.56 Å². The van der Waals surface area contributed by atoms with Gasteiger partial charge in [0.15, 0.2) is 21.6 Å². The number of ketones is 1. The van der Waals surface area contributed by atoms with E-state index in [9.17, 15) is 19.8 Å². The lowest BCUT2D eigenvalue weighted by molar-refractivity contribution is -0.113. The summed E-state index contributed by atoms with van der Waals surface area (Å²) in [5.74, 6) is -0.894. The molecule has 126 valence electrons. The van der Waals surface area contributed by atoms with Crippen LogP contribution in [0.25, 0.3) is 6.08 Å². The molecule has 1 saturated heterocycles. The summed E-state index contributed by atoms with van der Waals surface area (Å²) in [6, 6.07) is 11.0. The van der Waals surface area contributed by atoms with Crippen LogP contribution >= 0.6 is 24.0 Å². The highest BCUT2D eigenvalue weighted by atomic mass is 32.2. The van der Waals surface area contributed by atoms with Crippen LogP contribution in [0.2, 0.25) is 0 Å². The topological polar surface area (TPSA) is 77.8 Å². The molecule has 1 heterocycles. The van der Waals surface area contributed by atoms with E-state index in [1.165, 1.54) is 24.0 Å². The SMILES string of the molecule is CC(=O)c1cccc(N2C(=O)C(=Cc3ccc(O)c(O)c3)SC2=S)c1. The van der Waals surface area contributed by atoms with Crippen molar-refractivity contribution in [2.24, 2.45) is 0 Å². The molecule has 7 heteroatoms. The predicted octanol–water partition coefficient (Wildman–Crippen LogP) is 3.71. The fourth-order valence-corrected chi connectivity index (χ4v) is 3.63. The molecule has 5 nitrogen and oxygen atoms in total. The van der Waals surface area contributed by atoms with Crippen molar-refractivity contribution in [2.45, 2.75) is 6.92 Å². The molecule has 3 rings (SSSR count). The maximum atomic E-state index is 12.7. The van der Waals surface area contributed by atoms with E-state index >= 15 is 0 Å². The van der Waals surface area contributed by atoms with Gasteiger partial charge in [0.25, 0.3) is 5.91 Å². The van der Waals surface area contributed by atoms with E-state index in [1.807, 2.05) is 0 Å². The van der Waals surface area contributed by atoms with Gasteiger partial charge in [-0.15, -0.1) is 0 Å². The van der Waals surface area contributed by atoms with E-state index in [2.05, 4.69) is 0 Å². The van der Waals surface area contributed by atoms with Crippen molar-refractivity contribution < 1.29 is 19.8 Å². The highest BCUT2D eigenvalue weighted by Crippen LogP contribution is 2.37. The first-order chi connectivity index (χ1) is 11.9. The summed E-state index contributed by atoms with van der Waals surface area (Å²) >= 11 is 6.44. The molecular weight excluding hydrogens is 358 g/mol. The number of carbonyl (C=O) groups excluding carboxylic acids is 2. The van der Waals surface area contributed by atoms with E-state index in [4.69, 9.17) is 12.2 Å². The average molecular weight is 371 g/mol. The number of hydrogen-bond donors (Lipinski definition) is 2. The van der Waals surface area contributed by atoms with E-state index in [0.717, 1.165) is 11.8 Å². The number of phenols is 2. The summed E-state index contributed by atoms with van der Waals surface area (Å²) in [4.78, 5) is 26.0. The number of nitrogens with zero attached hydrogens (tertiary/aromatic N) is 1. The lowest BCUT2D eigenvalue weighted by Gasteiger charge is -2.15. The van der Waals surface area contributed by atoms with Crippen LogP contribution in [0, 0.1) is 0 Å². The van der Waals surface area contributed by atoms with Crippen molar-refractivity contribution >= 4 is 51.8 Å². The quantitative estimate of drug-likeness (QED) is 0.371. The molecule has 0 saturated carbocycles. The molecule has 0 aliphatic carbocycles. The van der Waals surface area contributed by atoms with Crippen molar-refractivity contribution in [3.05, 3.63) is 58.5 Å². The standard InChI is InChI=1S/C18H13NO4S2/c1-10(20)12-3-2-4-13(9-12)19-17(23)16(25-18(19)24)8-11-5-6-14(21)15(22)7-11/h2-9,21-22H,1H3. The second-order valence-electron chi connectivity index (χ2n) is 5.37. The van der Waals surface area contributed by atoms with Gasteiger partial charge in [0.1, 0.15) is 0 Å². The van der Waals surface area contributed by atoms with Gasteiger partial charge in [0.2, 0.25) is 0 Å². The van der Waals surface area contributed by atoms with E-state index in [0.29, 0.717) is 26.0 Å². The number of phenolic OH excluding ortho intramolecular Hbond substituents is 2. The molecule has 0 spiro atoms. The third-order valence-electron chi connectivity index (χ3n) is 3.60. The highest BCUT2D eigenvalue weighted by Gasteiger charge is 2.33. The monoisotopic (exact) mass is 371 g/mol. The van der Waals surface area contributed by atoms with E-state index < -0.39 is 0 Å². The number of hydrogen-bond acceptors (Lipinski definition) is 6. The molecule has 0 aromatic heterocycles. The smallest absolute Gasteiger partial charge is 0.270 e. The van der Waals surface area contributed by atoms with Gasteiger partial charge in [-0.2, -0.15) is 0 Å². The molecule has 1 aliphatic rings.